The molecule has 0 N–H and O–H groups in total. The highest BCUT2D eigenvalue weighted by atomic mass is 19.1. The molecular formula is C23H17F2N3O6. The third kappa shape index (κ3) is 5.26. The molecule has 3 rings (SSSR count). The van der Waals surface area contributed by atoms with Crippen LogP contribution in [0, 0.1) is 31.9 Å². The molecule has 1 heterocycles. The van der Waals surface area contributed by atoms with Crippen LogP contribution in [0.25, 0.3) is 12.2 Å². The van der Waals surface area contributed by atoms with Crippen LogP contribution in [0.5, 0.6) is 0 Å². The van der Waals surface area contributed by atoms with Crippen molar-refractivity contribution in [2.75, 3.05) is 13.1 Å². The van der Waals surface area contributed by atoms with Gasteiger partial charge in [-0.2, -0.15) is 8.78 Å². The third-order valence-corrected chi connectivity index (χ3v) is 5.10. The lowest BCUT2D eigenvalue weighted by Crippen LogP contribution is -2.31. The summed E-state index contributed by atoms with van der Waals surface area (Å²) in [7, 11) is 0. The van der Waals surface area contributed by atoms with Crippen molar-refractivity contribution in [1.29, 1.82) is 0 Å². The quantitative estimate of drug-likeness (QED) is 0.367. The summed E-state index contributed by atoms with van der Waals surface area (Å²) < 4.78 is 27.4. The fraction of sp³-hybridized carbons (Fsp3) is 0.130. The fourth-order valence-corrected chi connectivity index (χ4v) is 3.42. The van der Waals surface area contributed by atoms with E-state index in [1.165, 1.54) is 29.2 Å². The van der Waals surface area contributed by atoms with Crippen molar-refractivity contribution in [3.05, 3.63) is 103 Å². The molecule has 34 heavy (non-hydrogen) atoms. The molecule has 9 nitrogen and oxygen atoms in total. The molecule has 2 aromatic rings. The minimum Gasteiger partial charge on any atom is -0.334 e. The van der Waals surface area contributed by atoms with E-state index in [1.54, 1.807) is 0 Å². The lowest BCUT2D eigenvalue weighted by molar-refractivity contribution is -0.387. The molecule has 11 heteroatoms. The van der Waals surface area contributed by atoms with Crippen molar-refractivity contribution in [2.45, 2.75) is 6.42 Å². The third-order valence-electron chi connectivity index (χ3n) is 5.10. The van der Waals surface area contributed by atoms with Crippen molar-refractivity contribution in [3.8, 4) is 0 Å². The molecule has 1 amide bonds. The van der Waals surface area contributed by atoms with Gasteiger partial charge in [0.2, 0.25) is 17.5 Å². The minimum absolute atomic E-state index is 0.0801. The number of nitro groups is 2. The molecule has 0 radical (unpaired) electrons. The molecule has 0 spiro atoms. The summed E-state index contributed by atoms with van der Waals surface area (Å²) in [6.07, 6.45) is 3.83. The maximum atomic E-state index is 13.7. The molecule has 0 unspecified atom stereocenters. The number of nitro benzene ring substituents is 2. The van der Waals surface area contributed by atoms with Crippen molar-refractivity contribution in [2.24, 2.45) is 0 Å². The first kappa shape index (κ1) is 24.1. The lowest BCUT2D eigenvalue weighted by Gasteiger charge is -2.18. The van der Waals surface area contributed by atoms with E-state index in [1.807, 2.05) is 0 Å². The Kier molecular flexibility index (Phi) is 7.05. The van der Waals surface area contributed by atoms with Crippen LogP contribution >= 0.6 is 0 Å². The molecule has 0 aromatic heterocycles. The Hall–Kier alpha value is -4.54. The summed E-state index contributed by atoms with van der Waals surface area (Å²) in [5.74, 6) is -3.04. The SMILES string of the molecule is C=CC(=O)N1CCC(=Cc2ccc(F)c([N+](=O)[O-])c2)C(=O)C(=Cc2ccc(F)c([N+](=O)[O-])c2)C1. The Balaban J connectivity index is 2.08. The van der Waals surface area contributed by atoms with E-state index in [4.69, 9.17) is 0 Å². The second kappa shape index (κ2) is 9.94. The summed E-state index contributed by atoms with van der Waals surface area (Å²) in [5.41, 5.74) is -0.894. The number of rotatable bonds is 5. The van der Waals surface area contributed by atoms with Gasteiger partial charge in [-0.3, -0.25) is 29.8 Å². The minimum atomic E-state index is -1.04. The largest absolute Gasteiger partial charge is 0.334 e. The van der Waals surface area contributed by atoms with Crippen molar-refractivity contribution < 1.29 is 28.2 Å². The molecule has 2 aromatic carbocycles. The van der Waals surface area contributed by atoms with Gasteiger partial charge < -0.3 is 4.90 Å². The summed E-state index contributed by atoms with van der Waals surface area (Å²) >= 11 is 0. The van der Waals surface area contributed by atoms with Gasteiger partial charge in [0, 0.05) is 36.4 Å². The maximum Gasteiger partial charge on any atom is 0.305 e. The Morgan fingerprint density at radius 3 is 1.91 bits per heavy atom. The van der Waals surface area contributed by atoms with E-state index in [2.05, 4.69) is 6.58 Å². The van der Waals surface area contributed by atoms with Gasteiger partial charge in [-0.25, -0.2) is 0 Å². The van der Waals surface area contributed by atoms with Crippen molar-refractivity contribution in [1.82, 2.24) is 4.90 Å². The molecule has 0 saturated carbocycles. The fourth-order valence-electron chi connectivity index (χ4n) is 3.42. The van der Waals surface area contributed by atoms with E-state index >= 15 is 0 Å². The molecule has 1 aliphatic rings. The first-order valence-electron chi connectivity index (χ1n) is 9.85. The Morgan fingerprint density at radius 1 is 0.941 bits per heavy atom. The predicted molar refractivity (Wildman–Crippen MR) is 118 cm³/mol. The molecule has 1 fully saturated rings. The van der Waals surface area contributed by atoms with Crippen LogP contribution in [0.2, 0.25) is 0 Å². The predicted octanol–water partition coefficient (Wildman–Crippen LogP) is 4.24. The Bertz CT molecular complexity index is 1290. The van der Waals surface area contributed by atoms with Crippen molar-refractivity contribution >= 4 is 35.2 Å². The van der Waals surface area contributed by atoms with Gasteiger partial charge in [0.25, 0.3) is 0 Å². The van der Waals surface area contributed by atoms with E-state index in [-0.39, 0.29) is 41.8 Å². The van der Waals surface area contributed by atoms with E-state index in [0.717, 1.165) is 30.3 Å². The van der Waals surface area contributed by atoms with Gasteiger partial charge in [-0.15, -0.1) is 0 Å². The van der Waals surface area contributed by atoms with Gasteiger partial charge >= 0.3 is 11.4 Å². The lowest BCUT2D eigenvalue weighted by atomic mass is 9.98. The molecule has 0 bridgehead atoms. The van der Waals surface area contributed by atoms with Gasteiger partial charge in [0.15, 0.2) is 5.78 Å². The summed E-state index contributed by atoms with van der Waals surface area (Å²) in [6, 6.07) is 6.28. The average Bonchev–Trinajstić information content (AvgIpc) is 2.94. The summed E-state index contributed by atoms with van der Waals surface area (Å²) in [4.78, 5) is 47.1. The molecule has 0 aliphatic carbocycles. The summed E-state index contributed by atoms with van der Waals surface area (Å²) in [6.45, 7) is 3.40. The second-order valence-corrected chi connectivity index (χ2v) is 7.32. The number of nitrogens with zero attached hydrogens (tertiary/aromatic N) is 3. The Labute approximate surface area is 191 Å². The maximum absolute atomic E-state index is 13.7. The zero-order valence-electron chi connectivity index (χ0n) is 17.6. The second-order valence-electron chi connectivity index (χ2n) is 7.32. The van der Waals surface area contributed by atoms with E-state index in [9.17, 15) is 38.6 Å². The number of likely N-dealkylation sites (tertiary alicyclic amines) is 1. The van der Waals surface area contributed by atoms with E-state index < -0.39 is 44.5 Å². The van der Waals surface area contributed by atoms with Crippen LogP contribution in [-0.2, 0) is 9.59 Å². The first-order chi connectivity index (χ1) is 16.1. The molecule has 174 valence electrons. The zero-order chi connectivity index (χ0) is 25.0. The first-order valence-corrected chi connectivity index (χ1v) is 9.85. The number of ketones is 1. The van der Waals surface area contributed by atoms with Gasteiger partial charge in [0.05, 0.1) is 9.85 Å². The van der Waals surface area contributed by atoms with Crippen LogP contribution in [0.3, 0.4) is 0 Å². The molecule has 1 aliphatic heterocycles. The van der Waals surface area contributed by atoms with Crippen LogP contribution < -0.4 is 0 Å². The standard InChI is InChI=1S/C23H17F2N3O6/c1-2-22(29)26-8-7-16(9-14-3-5-18(24)20(11-14)27(31)32)23(30)17(13-26)10-15-4-6-19(25)21(12-15)28(33)34/h2-6,9-12H,1,7-8,13H2. The monoisotopic (exact) mass is 469 g/mol. The van der Waals surface area contributed by atoms with Crippen LogP contribution in [0.4, 0.5) is 20.2 Å². The smallest absolute Gasteiger partial charge is 0.305 e. The highest BCUT2D eigenvalue weighted by molar-refractivity contribution is 6.14. The van der Waals surface area contributed by atoms with Crippen LogP contribution in [0.1, 0.15) is 17.5 Å². The summed E-state index contributed by atoms with van der Waals surface area (Å²) in [5, 5.41) is 22.1. The Morgan fingerprint density at radius 2 is 1.44 bits per heavy atom. The van der Waals surface area contributed by atoms with Gasteiger partial charge in [0.1, 0.15) is 0 Å². The number of benzene rings is 2. The zero-order valence-corrected chi connectivity index (χ0v) is 17.6. The number of hydrogen-bond acceptors (Lipinski definition) is 6. The number of carbonyl (C=O) groups is 2. The highest BCUT2D eigenvalue weighted by Gasteiger charge is 2.26. The van der Waals surface area contributed by atoms with Crippen molar-refractivity contribution in [3.63, 3.8) is 0 Å². The van der Waals surface area contributed by atoms with Gasteiger partial charge in [-0.05, 0) is 47.9 Å². The molecular weight excluding hydrogens is 452 g/mol. The normalized spacial score (nSPS) is 16.4. The highest BCUT2D eigenvalue weighted by Crippen LogP contribution is 2.26. The van der Waals surface area contributed by atoms with E-state index in [0.29, 0.717) is 0 Å². The van der Waals surface area contributed by atoms with Crippen LogP contribution in [-0.4, -0.2) is 39.5 Å². The van der Waals surface area contributed by atoms with Crippen LogP contribution in [0.15, 0.2) is 60.2 Å². The number of halogens is 2. The number of hydrogen-bond donors (Lipinski definition) is 0. The number of amides is 1. The molecule has 1 saturated heterocycles. The topological polar surface area (TPSA) is 124 Å². The molecule has 0 atom stereocenters. The number of carbonyl (C=O) groups excluding carboxylic acids is 2. The number of Topliss-reactive ketones (excluding diaryl/α,β-unsaturated/α-hetero) is 1. The average molecular weight is 469 g/mol. The van der Waals surface area contributed by atoms with Gasteiger partial charge in [-0.1, -0.05) is 18.7 Å².